The first kappa shape index (κ1) is 41.4. The monoisotopic (exact) mass is 888 g/mol. The Labute approximate surface area is 372 Å². The van der Waals surface area contributed by atoms with E-state index in [9.17, 15) is 14.4 Å². The SMILES string of the molecule is Nc1cccc(-c2cccc(C(=O)c3ncc[nH]3)c2)c1.O=C(c1cc(-c2ccsc2)cc(-c2ccsc2)c1)c1ncc[nH]1.O=C(c1cc(Cl)cc(-c2cscn2)c1)c1ncc[nH]1. The van der Waals surface area contributed by atoms with Crippen LogP contribution in [0.3, 0.4) is 0 Å². The molecule has 4 aromatic carbocycles. The van der Waals surface area contributed by atoms with E-state index in [-0.39, 0.29) is 17.3 Å². The van der Waals surface area contributed by atoms with Gasteiger partial charge in [0.25, 0.3) is 0 Å². The number of H-pyrrole nitrogens is 3. The highest BCUT2D eigenvalue weighted by Crippen LogP contribution is 2.32. The standard InChI is InChI=1S/C18H12N2OS2.C16H13N3O.C13H8ClN3OS/c21-17(18-19-3-4-20-18)16-8-14(12-1-5-22-10-12)7-15(9-16)13-2-6-23-11-13;17-14-6-2-4-12(10-14)11-3-1-5-13(9-11)15(20)16-18-7-8-19-16;14-10-4-8(11-6-19-7-17-11)3-9(5-10)12(18)13-15-1-2-16-13/h1-11H,(H,19,20);1-10H,17H2,(H,18,19);1-7H,(H,15,16). The number of halogens is 1. The molecule has 0 aliphatic heterocycles. The van der Waals surface area contributed by atoms with Gasteiger partial charge in [-0.05, 0) is 122 Å². The lowest BCUT2D eigenvalue weighted by molar-refractivity contribution is 0.102. The number of ketones is 3. The Bertz CT molecular complexity index is 2990. The van der Waals surface area contributed by atoms with Crippen molar-refractivity contribution in [1.82, 2.24) is 34.9 Å². The van der Waals surface area contributed by atoms with Crippen molar-refractivity contribution >= 4 is 68.6 Å². The van der Waals surface area contributed by atoms with Crippen LogP contribution in [0.25, 0.3) is 44.6 Å². The average Bonchev–Trinajstić information content (AvgIpc) is 4.16. The summed E-state index contributed by atoms with van der Waals surface area (Å²) in [6.45, 7) is 0. The molecule has 0 saturated carbocycles. The largest absolute Gasteiger partial charge is 0.399 e. The average molecular weight is 889 g/mol. The number of thiazole rings is 1. The molecule has 10 aromatic rings. The number of hydrogen-bond donors (Lipinski definition) is 4. The van der Waals surface area contributed by atoms with Crippen molar-refractivity contribution in [3.05, 3.63) is 206 Å². The Kier molecular flexibility index (Phi) is 12.9. The van der Waals surface area contributed by atoms with Crippen LogP contribution in [0.1, 0.15) is 48.5 Å². The molecule has 0 amide bonds. The number of aromatic amines is 3. The van der Waals surface area contributed by atoms with Crippen LogP contribution < -0.4 is 5.73 Å². The summed E-state index contributed by atoms with van der Waals surface area (Å²) in [7, 11) is 0. The number of rotatable bonds is 10. The molecular weight excluding hydrogens is 856 g/mol. The molecule has 0 atom stereocenters. The predicted octanol–water partition coefficient (Wildman–Crippen LogP) is 11.4. The summed E-state index contributed by atoms with van der Waals surface area (Å²) >= 11 is 10.9. The van der Waals surface area contributed by atoms with Crippen LogP contribution in [0, 0.1) is 0 Å². The highest BCUT2D eigenvalue weighted by Gasteiger charge is 2.17. The van der Waals surface area contributed by atoms with E-state index < -0.39 is 0 Å². The number of carbonyl (C=O) groups is 3. The Hall–Kier alpha value is -7.36. The summed E-state index contributed by atoms with van der Waals surface area (Å²) in [4.78, 5) is 61.8. The fourth-order valence-electron chi connectivity index (χ4n) is 6.31. The second-order valence-electron chi connectivity index (χ2n) is 13.4. The van der Waals surface area contributed by atoms with Crippen molar-refractivity contribution < 1.29 is 14.4 Å². The number of nitrogen functional groups attached to an aromatic ring is 1. The second kappa shape index (κ2) is 19.4. The number of hydrogen-bond acceptors (Lipinski definition) is 11. The van der Waals surface area contributed by atoms with Gasteiger partial charge >= 0.3 is 0 Å². The van der Waals surface area contributed by atoms with E-state index in [2.05, 4.69) is 63.8 Å². The first-order valence-corrected chi connectivity index (χ1v) is 22.0. The van der Waals surface area contributed by atoms with Gasteiger partial charge in [0.05, 0.1) is 11.2 Å². The van der Waals surface area contributed by atoms with E-state index in [4.69, 9.17) is 17.3 Å². The minimum atomic E-state index is -0.191. The van der Waals surface area contributed by atoms with Gasteiger partial charge in [-0.1, -0.05) is 41.9 Å². The first-order chi connectivity index (χ1) is 30.3. The van der Waals surface area contributed by atoms with Crippen LogP contribution in [-0.2, 0) is 0 Å². The van der Waals surface area contributed by atoms with Crippen LogP contribution >= 0.6 is 45.6 Å². The van der Waals surface area contributed by atoms with E-state index in [0.29, 0.717) is 44.9 Å². The van der Waals surface area contributed by atoms with E-state index in [1.165, 1.54) is 11.3 Å². The summed E-state index contributed by atoms with van der Waals surface area (Å²) < 4.78 is 0. The highest BCUT2D eigenvalue weighted by molar-refractivity contribution is 7.08. The molecule has 0 aliphatic rings. The molecule has 0 unspecified atom stereocenters. The van der Waals surface area contributed by atoms with Gasteiger partial charge in [0, 0.05) is 75.5 Å². The van der Waals surface area contributed by atoms with Gasteiger partial charge in [-0.15, -0.1) is 11.3 Å². The molecule has 0 spiro atoms. The van der Waals surface area contributed by atoms with Gasteiger partial charge in [0.15, 0.2) is 17.5 Å². The third-order valence-corrected chi connectivity index (χ3v) is 11.4. The third kappa shape index (κ3) is 9.97. The maximum absolute atomic E-state index is 12.7. The fraction of sp³-hybridized carbons (Fsp3) is 0. The maximum Gasteiger partial charge on any atom is 0.228 e. The van der Waals surface area contributed by atoms with Gasteiger partial charge in [0.1, 0.15) is 0 Å². The first-order valence-electron chi connectivity index (χ1n) is 18.8. The normalized spacial score (nSPS) is 10.6. The molecule has 10 rings (SSSR count). The summed E-state index contributed by atoms with van der Waals surface area (Å²) in [5.74, 6) is 0.596. The molecule has 0 aliphatic carbocycles. The minimum Gasteiger partial charge on any atom is -0.399 e. The molecule has 5 N–H and O–H groups in total. The Morgan fingerprint density at radius 3 is 1.50 bits per heavy atom. The van der Waals surface area contributed by atoms with Crippen LogP contribution in [0.2, 0.25) is 5.02 Å². The smallest absolute Gasteiger partial charge is 0.228 e. The number of anilines is 1. The predicted molar refractivity (Wildman–Crippen MR) is 248 cm³/mol. The van der Waals surface area contributed by atoms with Crippen molar-refractivity contribution in [1.29, 1.82) is 0 Å². The van der Waals surface area contributed by atoms with Gasteiger partial charge in [-0.3, -0.25) is 14.4 Å². The second-order valence-corrected chi connectivity index (χ2v) is 16.1. The Morgan fingerprint density at radius 2 is 1.00 bits per heavy atom. The van der Waals surface area contributed by atoms with Crippen LogP contribution in [-0.4, -0.2) is 52.2 Å². The molecule has 11 nitrogen and oxygen atoms in total. The molecule has 0 saturated heterocycles. The minimum absolute atomic E-state index is 0.0939. The van der Waals surface area contributed by atoms with Crippen molar-refractivity contribution in [2.75, 3.05) is 5.73 Å². The zero-order valence-corrected chi connectivity index (χ0v) is 35.6. The number of benzene rings is 4. The molecule has 15 heteroatoms. The van der Waals surface area contributed by atoms with E-state index in [1.54, 1.807) is 89.6 Å². The number of thiophene rings is 2. The lowest BCUT2D eigenvalue weighted by Gasteiger charge is -2.07. The van der Waals surface area contributed by atoms with Crippen molar-refractivity contribution in [2.45, 2.75) is 0 Å². The topological polar surface area (TPSA) is 176 Å². The van der Waals surface area contributed by atoms with Crippen molar-refractivity contribution in [2.24, 2.45) is 0 Å². The molecule has 6 aromatic heterocycles. The number of carbonyl (C=O) groups excluding carboxylic acids is 3. The Morgan fingerprint density at radius 1 is 0.484 bits per heavy atom. The lowest BCUT2D eigenvalue weighted by Crippen LogP contribution is -2.04. The number of nitrogens with zero attached hydrogens (tertiary/aromatic N) is 4. The Balaban J connectivity index is 0.000000129. The summed E-state index contributed by atoms with van der Waals surface area (Å²) in [5.41, 5.74) is 17.9. The molecule has 6 heterocycles. The van der Waals surface area contributed by atoms with Crippen LogP contribution in [0.4, 0.5) is 5.69 Å². The van der Waals surface area contributed by atoms with Crippen molar-refractivity contribution in [3.8, 4) is 44.6 Å². The number of imidazole rings is 3. The van der Waals surface area contributed by atoms with E-state index >= 15 is 0 Å². The third-order valence-electron chi connectivity index (χ3n) is 9.28. The zero-order chi connectivity index (χ0) is 42.8. The van der Waals surface area contributed by atoms with Gasteiger partial charge < -0.3 is 20.7 Å². The molecular formula is C47H33ClN8O3S3. The number of nitrogens with two attached hydrogens (primary N) is 1. The fourth-order valence-corrected chi connectivity index (χ4v) is 8.44. The zero-order valence-electron chi connectivity index (χ0n) is 32.4. The van der Waals surface area contributed by atoms with Crippen LogP contribution in [0.5, 0.6) is 0 Å². The maximum atomic E-state index is 12.7. The number of nitrogens with one attached hydrogen (secondary N) is 3. The molecule has 0 radical (unpaired) electrons. The highest BCUT2D eigenvalue weighted by atomic mass is 35.5. The van der Waals surface area contributed by atoms with Gasteiger partial charge in [0.2, 0.25) is 17.3 Å². The van der Waals surface area contributed by atoms with E-state index in [1.807, 2.05) is 70.7 Å². The molecule has 0 bridgehead atoms. The molecule has 62 heavy (non-hydrogen) atoms. The van der Waals surface area contributed by atoms with E-state index in [0.717, 1.165) is 44.6 Å². The van der Waals surface area contributed by atoms with Gasteiger partial charge in [-0.2, -0.15) is 22.7 Å². The summed E-state index contributed by atoms with van der Waals surface area (Å²) in [6.07, 6.45) is 9.60. The van der Waals surface area contributed by atoms with Crippen molar-refractivity contribution in [3.63, 3.8) is 0 Å². The quantitative estimate of drug-likeness (QED) is 0.0774. The summed E-state index contributed by atoms with van der Waals surface area (Å²) in [5, 5.41) is 10.7. The summed E-state index contributed by atoms with van der Waals surface area (Å²) in [6, 6.07) is 30.3. The van der Waals surface area contributed by atoms with Gasteiger partial charge in [-0.25, -0.2) is 19.9 Å². The number of aromatic nitrogens is 7. The molecule has 304 valence electrons. The molecule has 0 fully saturated rings. The van der Waals surface area contributed by atoms with Crippen LogP contribution in [0.15, 0.2) is 167 Å². The lowest BCUT2D eigenvalue weighted by atomic mass is 9.97.